The van der Waals surface area contributed by atoms with Crippen LogP contribution in [0.25, 0.3) is 10.9 Å². The van der Waals surface area contributed by atoms with E-state index < -0.39 is 0 Å². The summed E-state index contributed by atoms with van der Waals surface area (Å²) in [5.41, 5.74) is 2.30. The molecule has 32 heavy (non-hydrogen) atoms. The maximum atomic E-state index is 12.4. The van der Waals surface area contributed by atoms with Crippen LogP contribution >= 0.6 is 11.8 Å². The second kappa shape index (κ2) is 10.7. The summed E-state index contributed by atoms with van der Waals surface area (Å²) in [6.07, 6.45) is 4.55. The summed E-state index contributed by atoms with van der Waals surface area (Å²) >= 11 is 1.61. The highest BCUT2D eigenvalue weighted by molar-refractivity contribution is 7.99. The van der Waals surface area contributed by atoms with Gasteiger partial charge in [0.2, 0.25) is 0 Å². The van der Waals surface area contributed by atoms with Crippen LogP contribution in [0.4, 0.5) is 5.82 Å². The molecule has 0 unspecified atom stereocenters. The molecule has 1 atom stereocenters. The topological polar surface area (TPSA) is 85.4 Å². The molecule has 0 aliphatic carbocycles. The molecule has 3 aromatic rings. The van der Waals surface area contributed by atoms with Gasteiger partial charge in [-0.2, -0.15) is 0 Å². The lowest BCUT2D eigenvalue weighted by Gasteiger charge is -2.13. The molecule has 4 rings (SSSR count). The zero-order valence-electron chi connectivity index (χ0n) is 18.4. The fourth-order valence-electron chi connectivity index (χ4n) is 3.64. The average molecular weight is 453 g/mol. The molecule has 1 saturated heterocycles. The SMILES string of the molecule is CCOC(=O)c1cnc2ccc(OCc3ccc(N[C@@H]4CCNC4)nc3)cc2c1SCC. The van der Waals surface area contributed by atoms with Gasteiger partial charge in [-0.05, 0) is 49.9 Å². The molecule has 168 valence electrons. The molecule has 0 spiro atoms. The number of aromatic nitrogens is 2. The van der Waals surface area contributed by atoms with Gasteiger partial charge in [-0.3, -0.25) is 4.98 Å². The van der Waals surface area contributed by atoms with Crippen LogP contribution in [0.3, 0.4) is 0 Å². The smallest absolute Gasteiger partial charge is 0.340 e. The van der Waals surface area contributed by atoms with Crippen molar-refractivity contribution in [3.63, 3.8) is 0 Å². The van der Waals surface area contributed by atoms with Crippen molar-refractivity contribution in [3.05, 3.63) is 53.9 Å². The minimum absolute atomic E-state index is 0.330. The van der Waals surface area contributed by atoms with Crippen LogP contribution in [0.5, 0.6) is 5.75 Å². The molecular formula is C24H28N4O3S. The van der Waals surface area contributed by atoms with E-state index in [1.54, 1.807) is 24.9 Å². The predicted molar refractivity (Wildman–Crippen MR) is 128 cm³/mol. The maximum Gasteiger partial charge on any atom is 0.340 e. The molecule has 0 saturated carbocycles. The number of esters is 1. The monoisotopic (exact) mass is 452 g/mol. The van der Waals surface area contributed by atoms with Crippen LogP contribution in [-0.4, -0.2) is 47.4 Å². The van der Waals surface area contributed by atoms with E-state index in [1.165, 1.54) is 0 Å². The number of benzene rings is 1. The standard InChI is InChI=1S/C24H28N4O3S/c1-3-30-24(29)20-14-26-21-7-6-18(11-19(21)23(20)32-4-2)31-15-16-5-8-22(27-12-16)28-17-9-10-25-13-17/h5-8,11-12,14,17,25H,3-4,9-10,13,15H2,1-2H3,(H,27,28)/t17-/m1/s1. The average Bonchev–Trinajstić information content (AvgIpc) is 3.32. The summed E-state index contributed by atoms with van der Waals surface area (Å²) in [5, 5.41) is 7.67. The Labute approximate surface area is 192 Å². The summed E-state index contributed by atoms with van der Waals surface area (Å²) in [4.78, 5) is 22.2. The number of rotatable bonds is 9. The maximum absolute atomic E-state index is 12.4. The van der Waals surface area contributed by atoms with Gasteiger partial charge >= 0.3 is 5.97 Å². The molecule has 2 aromatic heterocycles. The zero-order valence-corrected chi connectivity index (χ0v) is 19.2. The third-order valence-corrected chi connectivity index (χ3v) is 6.23. The summed E-state index contributed by atoms with van der Waals surface area (Å²) in [5.74, 6) is 2.08. The lowest BCUT2D eigenvalue weighted by Crippen LogP contribution is -2.22. The first-order valence-corrected chi connectivity index (χ1v) is 11.9. The molecule has 1 aliphatic rings. The Kier molecular flexibility index (Phi) is 7.44. The van der Waals surface area contributed by atoms with Crippen LogP contribution in [-0.2, 0) is 11.3 Å². The lowest BCUT2D eigenvalue weighted by atomic mass is 10.1. The lowest BCUT2D eigenvalue weighted by molar-refractivity contribution is 0.0522. The predicted octanol–water partition coefficient (Wildman–Crippen LogP) is 4.27. The first kappa shape index (κ1) is 22.4. The number of thioether (sulfide) groups is 1. The van der Waals surface area contributed by atoms with Crippen molar-refractivity contribution in [2.75, 3.05) is 30.8 Å². The minimum atomic E-state index is -0.350. The van der Waals surface area contributed by atoms with E-state index in [9.17, 15) is 4.79 Å². The summed E-state index contributed by atoms with van der Waals surface area (Å²) in [6, 6.07) is 10.2. The molecule has 1 aliphatic heterocycles. The van der Waals surface area contributed by atoms with Crippen molar-refractivity contribution in [3.8, 4) is 5.75 Å². The fraction of sp³-hybridized carbons (Fsp3) is 0.375. The van der Waals surface area contributed by atoms with Gasteiger partial charge in [0.25, 0.3) is 0 Å². The van der Waals surface area contributed by atoms with E-state index in [0.29, 0.717) is 24.8 Å². The number of nitrogens with zero attached hydrogens (tertiary/aromatic N) is 2. The quantitative estimate of drug-likeness (QED) is 0.368. The zero-order chi connectivity index (χ0) is 22.3. The van der Waals surface area contributed by atoms with Crippen LogP contribution in [0.15, 0.2) is 47.6 Å². The van der Waals surface area contributed by atoms with E-state index in [2.05, 4.69) is 27.5 Å². The van der Waals surface area contributed by atoms with Crippen LogP contribution < -0.4 is 15.4 Å². The summed E-state index contributed by atoms with van der Waals surface area (Å²) in [7, 11) is 0. The highest BCUT2D eigenvalue weighted by atomic mass is 32.2. The van der Waals surface area contributed by atoms with E-state index >= 15 is 0 Å². The minimum Gasteiger partial charge on any atom is -0.489 e. The summed E-state index contributed by atoms with van der Waals surface area (Å²) in [6.45, 7) is 6.61. The van der Waals surface area contributed by atoms with Crippen molar-refractivity contribution in [2.24, 2.45) is 0 Å². The third-order valence-electron chi connectivity index (χ3n) is 5.22. The van der Waals surface area contributed by atoms with Gasteiger partial charge in [0, 0.05) is 40.8 Å². The molecule has 7 nitrogen and oxygen atoms in total. The second-order valence-corrected chi connectivity index (χ2v) is 8.78. The third kappa shape index (κ3) is 5.31. The van der Waals surface area contributed by atoms with Gasteiger partial charge < -0.3 is 20.1 Å². The van der Waals surface area contributed by atoms with Gasteiger partial charge in [-0.15, -0.1) is 11.8 Å². The first-order chi connectivity index (χ1) is 15.7. The Hall–Kier alpha value is -2.84. The largest absolute Gasteiger partial charge is 0.489 e. The van der Waals surface area contributed by atoms with Gasteiger partial charge in [-0.25, -0.2) is 9.78 Å². The van der Waals surface area contributed by atoms with Crippen molar-refractivity contribution in [1.29, 1.82) is 0 Å². The van der Waals surface area contributed by atoms with E-state index in [-0.39, 0.29) is 5.97 Å². The Bertz CT molecular complexity index is 1070. The number of carbonyl (C=O) groups excluding carboxylic acids is 1. The molecule has 3 heterocycles. The van der Waals surface area contributed by atoms with Crippen molar-refractivity contribution in [2.45, 2.75) is 37.8 Å². The van der Waals surface area contributed by atoms with Crippen molar-refractivity contribution < 1.29 is 14.3 Å². The molecule has 8 heteroatoms. The van der Waals surface area contributed by atoms with Crippen molar-refractivity contribution >= 4 is 34.5 Å². The molecular weight excluding hydrogens is 424 g/mol. The van der Waals surface area contributed by atoms with Gasteiger partial charge in [0.15, 0.2) is 0 Å². The molecule has 0 amide bonds. The number of hydrogen-bond acceptors (Lipinski definition) is 8. The fourth-order valence-corrected chi connectivity index (χ4v) is 4.54. The van der Waals surface area contributed by atoms with Crippen molar-refractivity contribution in [1.82, 2.24) is 15.3 Å². The number of ether oxygens (including phenoxy) is 2. The number of anilines is 1. The molecule has 0 bridgehead atoms. The molecule has 0 radical (unpaired) electrons. The molecule has 1 aromatic carbocycles. The number of fused-ring (bicyclic) bond motifs is 1. The normalized spacial score (nSPS) is 15.6. The highest BCUT2D eigenvalue weighted by Gasteiger charge is 2.17. The Morgan fingerprint density at radius 3 is 2.84 bits per heavy atom. The van der Waals surface area contributed by atoms with Crippen LogP contribution in [0, 0.1) is 0 Å². The molecule has 2 N–H and O–H groups in total. The van der Waals surface area contributed by atoms with E-state index in [1.807, 2.05) is 36.5 Å². The van der Waals surface area contributed by atoms with E-state index in [4.69, 9.17) is 9.47 Å². The number of carbonyl (C=O) groups is 1. The Morgan fingerprint density at radius 1 is 1.22 bits per heavy atom. The number of hydrogen-bond donors (Lipinski definition) is 2. The van der Waals surface area contributed by atoms with Crippen LogP contribution in [0.2, 0.25) is 0 Å². The van der Waals surface area contributed by atoms with Crippen LogP contribution in [0.1, 0.15) is 36.2 Å². The number of nitrogens with one attached hydrogen (secondary N) is 2. The Morgan fingerprint density at radius 2 is 2.12 bits per heavy atom. The molecule has 1 fully saturated rings. The number of pyridine rings is 2. The highest BCUT2D eigenvalue weighted by Crippen LogP contribution is 2.33. The second-order valence-electron chi connectivity index (χ2n) is 7.51. The Balaban J connectivity index is 1.49. The first-order valence-electron chi connectivity index (χ1n) is 11.0. The van der Waals surface area contributed by atoms with Gasteiger partial charge in [-0.1, -0.05) is 13.0 Å². The van der Waals surface area contributed by atoms with Gasteiger partial charge in [0.05, 0.1) is 17.7 Å². The summed E-state index contributed by atoms with van der Waals surface area (Å²) < 4.78 is 11.2. The van der Waals surface area contributed by atoms with Gasteiger partial charge in [0.1, 0.15) is 18.2 Å². The van der Waals surface area contributed by atoms with E-state index in [0.717, 1.165) is 58.2 Å².